The molecule has 2 nitrogen and oxygen atoms in total. The lowest BCUT2D eigenvalue weighted by molar-refractivity contribution is -0.118. The van der Waals surface area contributed by atoms with Gasteiger partial charge in [-0.05, 0) is 29.2 Å². The molecule has 0 amide bonds. The first-order valence-corrected chi connectivity index (χ1v) is 7.22. The van der Waals surface area contributed by atoms with Gasteiger partial charge in [-0.1, -0.05) is 48.5 Å². The number of para-hydroxylation sites is 1. The summed E-state index contributed by atoms with van der Waals surface area (Å²) in [5, 5.41) is 0. The van der Waals surface area contributed by atoms with Crippen molar-refractivity contribution in [2.75, 3.05) is 7.11 Å². The molecule has 106 valence electrons. The highest BCUT2D eigenvalue weighted by molar-refractivity contribution is 6.04. The van der Waals surface area contributed by atoms with E-state index >= 15 is 0 Å². The fourth-order valence-corrected chi connectivity index (χ4v) is 2.91. The van der Waals surface area contributed by atoms with E-state index in [1.807, 2.05) is 36.4 Å². The van der Waals surface area contributed by atoms with E-state index in [4.69, 9.17) is 4.74 Å². The molecule has 0 heterocycles. The molecule has 0 N–H and O–H groups in total. The number of Topliss-reactive ketones (excluding diaryl/α,β-unsaturated/α-hetero) is 1. The van der Waals surface area contributed by atoms with Gasteiger partial charge in [0.05, 0.1) is 7.11 Å². The van der Waals surface area contributed by atoms with E-state index in [2.05, 4.69) is 18.2 Å². The summed E-state index contributed by atoms with van der Waals surface area (Å²) >= 11 is 0. The van der Waals surface area contributed by atoms with Gasteiger partial charge in [-0.3, -0.25) is 4.79 Å². The zero-order valence-electron chi connectivity index (χ0n) is 12.1. The van der Waals surface area contributed by atoms with Crippen LogP contribution in [0.15, 0.2) is 54.6 Å². The van der Waals surface area contributed by atoms with Crippen LogP contribution in [0.4, 0.5) is 0 Å². The minimum atomic E-state index is 0.313. The van der Waals surface area contributed by atoms with E-state index < -0.39 is 0 Å². The standard InChI is InChI=1S/C19H18O2/c1-21-19-10-6-5-9-17(19)16-12-11-15(20)13-18(16)14-7-3-2-4-8-14/h2-10H,11-13H2,1H3. The SMILES string of the molecule is COc1ccccc1C1=C(c2ccccc2)CC(=O)CC1. The number of methoxy groups -OCH3 is 1. The topological polar surface area (TPSA) is 26.3 Å². The summed E-state index contributed by atoms with van der Waals surface area (Å²) in [4.78, 5) is 11.9. The lowest BCUT2D eigenvalue weighted by atomic mass is 9.83. The largest absolute Gasteiger partial charge is 0.496 e. The second-order valence-electron chi connectivity index (χ2n) is 5.24. The van der Waals surface area contributed by atoms with E-state index in [-0.39, 0.29) is 0 Å². The molecule has 0 bridgehead atoms. The molecule has 0 aliphatic heterocycles. The van der Waals surface area contributed by atoms with Crippen molar-refractivity contribution in [2.24, 2.45) is 0 Å². The number of ether oxygens (including phenoxy) is 1. The number of ketones is 1. The molecule has 0 atom stereocenters. The number of allylic oxidation sites excluding steroid dienone is 2. The van der Waals surface area contributed by atoms with Gasteiger partial charge < -0.3 is 4.74 Å². The van der Waals surface area contributed by atoms with Crippen molar-refractivity contribution in [3.8, 4) is 5.75 Å². The highest BCUT2D eigenvalue weighted by Gasteiger charge is 2.22. The molecule has 2 aromatic carbocycles. The van der Waals surface area contributed by atoms with Crippen LogP contribution in [0.25, 0.3) is 11.1 Å². The zero-order chi connectivity index (χ0) is 14.7. The summed E-state index contributed by atoms with van der Waals surface area (Å²) in [6, 6.07) is 18.2. The normalized spacial score (nSPS) is 15.2. The predicted molar refractivity (Wildman–Crippen MR) is 85.1 cm³/mol. The third-order valence-corrected chi connectivity index (χ3v) is 3.95. The van der Waals surface area contributed by atoms with Crippen LogP contribution in [0.5, 0.6) is 5.75 Å². The van der Waals surface area contributed by atoms with Gasteiger partial charge >= 0.3 is 0 Å². The van der Waals surface area contributed by atoms with Crippen LogP contribution in [-0.2, 0) is 4.79 Å². The maximum atomic E-state index is 11.9. The van der Waals surface area contributed by atoms with Crippen LogP contribution in [0.1, 0.15) is 30.4 Å². The molecule has 0 fully saturated rings. The molecule has 1 aliphatic carbocycles. The second-order valence-corrected chi connectivity index (χ2v) is 5.24. The number of hydrogen-bond acceptors (Lipinski definition) is 2. The van der Waals surface area contributed by atoms with Crippen molar-refractivity contribution in [1.82, 2.24) is 0 Å². The van der Waals surface area contributed by atoms with E-state index in [1.54, 1.807) is 7.11 Å². The number of carbonyl (C=O) groups excluding carboxylic acids is 1. The summed E-state index contributed by atoms with van der Waals surface area (Å²) in [5.41, 5.74) is 4.60. The monoisotopic (exact) mass is 278 g/mol. The Balaban J connectivity index is 2.17. The molecule has 0 aromatic heterocycles. The molecular formula is C19H18O2. The molecule has 0 spiro atoms. The molecule has 2 heteroatoms. The quantitative estimate of drug-likeness (QED) is 0.834. The van der Waals surface area contributed by atoms with Gasteiger partial charge in [-0.15, -0.1) is 0 Å². The smallest absolute Gasteiger partial charge is 0.137 e. The van der Waals surface area contributed by atoms with E-state index in [0.717, 1.165) is 28.9 Å². The Bertz CT molecular complexity index is 684. The molecule has 3 rings (SSSR count). The molecule has 2 aromatic rings. The summed E-state index contributed by atoms with van der Waals surface area (Å²) in [5.74, 6) is 1.18. The first-order valence-electron chi connectivity index (χ1n) is 7.22. The fourth-order valence-electron chi connectivity index (χ4n) is 2.91. The summed E-state index contributed by atoms with van der Waals surface area (Å²) in [6.45, 7) is 0. The molecular weight excluding hydrogens is 260 g/mol. The van der Waals surface area contributed by atoms with Crippen LogP contribution in [0.2, 0.25) is 0 Å². The number of carbonyl (C=O) groups is 1. The van der Waals surface area contributed by atoms with Gasteiger partial charge in [0.2, 0.25) is 0 Å². The fraction of sp³-hybridized carbons (Fsp3) is 0.211. The van der Waals surface area contributed by atoms with Gasteiger partial charge in [-0.25, -0.2) is 0 Å². The zero-order valence-corrected chi connectivity index (χ0v) is 12.1. The van der Waals surface area contributed by atoms with Crippen LogP contribution < -0.4 is 4.74 Å². The van der Waals surface area contributed by atoms with Gasteiger partial charge in [0.15, 0.2) is 0 Å². The van der Waals surface area contributed by atoms with E-state index in [1.165, 1.54) is 5.57 Å². The van der Waals surface area contributed by atoms with E-state index in [0.29, 0.717) is 18.6 Å². The number of rotatable bonds is 3. The van der Waals surface area contributed by atoms with Gasteiger partial charge in [0, 0.05) is 18.4 Å². The Kier molecular flexibility index (Phi) is 3.87. The van der Waals surface area contributed by atoms with Crippen LogP contribution in [0, 0.1) is 0 Å². The van der Waals surface area contributed by atoms with Crippen LogP contribution >= 0.6 is 0 Å². The average molecular weight is 278 g/mol. The van der Waals surface area contributed by atoms with Crippen molar-refractivity contribution in [1.29, 1.82) is 0 Å². The van der Waals surface area contributed by atoms with Crippen LogP contribution in [0.3, 0.4) is 0 Å². The number of benzene rings is 2. The highest BCUT2D eigenvalue weighted by Crippen LogP contribution is 2.39. The summed E-state index contributed by atoms with van der Waals surface area (Å²) < 4.78 is 5.49. The predicted octanol–water partition coefficient (Wildman–Crippen LogP) is 4.36. The Labute approximate surface area is 125 Å². The summed E-state index contributed by atoms with van der Waals surface area (Å²) in [6.07, 6.45) is 1.91. The minimum absolute atomic E-state index is 0.313. The molecule has 1 aliphatic rings. The van der Waals surface area contributed by atoms with Crippen molar-refractivity contribution >= 4 is 16.9 Å². The second kappa shape index (κ2) is 5.96. The number of hydrogen-bond donors (Lipinski definition) is 0. The first-order chi connectivity index (χ1) is 10.3. The third kappa shape index (κ3) is 2.75. The maximum Gasteiger partial charge on any atom is 0.137 e. The Morgan fingerprint density at radius 1 is 0.857 bits per heavy atom. The van der Waals surface area contributed by atoms with Crippen molar-refractivity contribution in [3.63, 3.8) is 0 Å². The van der Waals surface area contributed by atoms with Gasteiger partial charge in [0.1, 0.15) is 11.5 Å². The van der Waals surface area contributed by atoms with Crippen molar-refractivity contribution in [3.05, 3.63) is 65.7 Å². The molecule has 0 saturated heterocycles. The molecule has 0 saturated carbocycles. The lowest BCUT2D eigenvalue weighted by Crippen LogP contribution is -2.09. The minimum Gasteiger partial charge on any atom is -0.496 e. The Morgan fingerprint density at radius 2 is 1.57 bits per heavy atom. The first kappa shape index (κ1) is 13.6. The molecule has 0 unspecified atom stereocenters. The van der Waals surface area contributed by atoms with E-state index in [9.17, 15) is 4.79 Å². The third-order valence-electron chi connectivity index (χ3n) is 3.95. The summed E-state index contributed by atoms with van der Waals surface area (Å²) in [7, 11) is 1.69. The Hall–Kier alpha value is -2.35. The molecule has 21 heavy (non-hydrogen) atoms. The lowest BCUT2D eigenvalue weighted by Gasteiger charge is -2.22. The van der Waals surface area contributed by atoms with Crippen LogP contribution in [-0.4, -0.2) is 12.9 Å². The Morgan fingerprint density at radius 3 is 2.33 bits per heavy atom. The van der Waals surface area contributed by atoms with Gasteiger partial charge in [0.25, 0.3) is 0 Å². The van der Waals surface area contributed by atoms with Crippen molar-refractivity contribution < 1.29 is 9.53 Å². The molecule has 0 radical (unpaired) electrons. The van der Waals surface area contributed by atoms with Crippen molar-refractivity contribution in [2.45, 2.75) is 19.3 Å². The van der Waals surface area contributed by atoms with Gasteiger partial charge in [-0.2, -0.15) is 0 Å². The average Bonchev–Trinajstić information content (AvgIpc) is 2.55. The maximum absolute atomic E-state index is 11.9. The highest BCUT2D eigenvalue weighted by atomic mass is 16.5.